The maximum Gasteiger partial charge on any atom is 0.341 e. The predicted molar refractivity (Wildman–Crippen MR) is 165 cm³/mol. The second-order valence-electron chi connectivity index (χ2n) is 10.8. The summed E-state index contributed by atoms with van der Waals surface area (Å²) in [5, 5.41) is 12.3. The fourth-order valence-electron chi connectivity index (χ4n) is 5.26. The van der Waals surface area contributed by atoms with Gasteiger partial charge in [-0.05, 0) is 49.2 Å². The molecule has 2 aromatic carbocycles. The summed E-state index contributed by atoms with van der Waals surface area (Å²) in [7, 11) is -3.96. The Labute approximate surface area is 261 Å². The predicted octanol–water partition coefficient (Wildman–Crippen LogP) is 3.18. The quantitative estimate of drug-likeness (QED) is 0.244. The number of halogens is 2. The lowest BCUT2D eigenvalue weighted by Crippen LogP contribution is -2.49. The number of benzene rings is 2. The fourth-order valence-corrected chi connectivity index (χ4v) is 6.40. The van der Waals surface area contributed by atoms with Crippen LogP contribution in [0, 0.1) is 5.82 Å². The molecule has 0 spiro atoms. The van der Waals surface area contributed by atoms with Crippen LogP contribution in [-0.4, -0.2) is 77.6 Å². The molecule has 3 N–H and O–H groups in total. The Morgan fingerprint density at radius 2 is 1.78 bits per heavy atom. The van der Waals surface area contributed by atoms with Gasteiger partial charge in [0.25, 0.3) is 10.0 Å². The Morgan fingerprint density at radius 1 is 1.07 bits per heavy atom. The molecule has 1 saturated carbocycles. The van der Waals surface area contributed by atoms with Crippen molar-refractivity contribution < 1.29 is 27.5 Å². The molecule has 0 atom stereocenters. The maximum absolute atomic E-state index is 15.3. The monoisotopic (exact) mass is 655 g/mol. The second-order valence-corrected chi connectivity index (χ2v) is 12.9. The van der Waals surface area contributed by atoms with E-state index in [9.17, 15) is 27.9 Å². The average Bonchev–Trinajstić information content (AvgIpc) is 3.83. The number of carboxylic acids is 1. The summed E-state index contributed by atoms with van der Waals surface area (Å²) in [5.74, 6) is -2.29. The number of hydrogen-bond acceptors (Lipinski definition) is 9. The van der Waals surface area contributed by atoms with Crippen molar-refractivity contribution >= 4 is 61.6 Å². The third kappa shape index (κ3) is 6.60. The van der Waals surface area contributed by atoms with E-state index in [2.05, 4.69) is 20.0 Å². The second kappa shape index (κ2) is 12.1. The van der Waals surface area contributed by atoms with Crippen molar-refractivity contribution in [1.29, 1.82) is 0 Å². The van der Waals surface area contributed by atoms with Crippen LogP contribution < -0.4 is 20.4 Å². The molecule has 234 valence electrons. The molecular weight excluding hydrogens is 629 g/mol. The summed E-state index contributed by atoms with van der Waals surface area (Å²) in [6.07, 6.45) is 5.55. The Morgan fingerprint density at radius 3 is 2.42 bits per heavy atom. The SMILES string of the molecule is O=C(CN1CCN(c2cc3c(cc2F)c(=O)c(C(=O)O)cn3C2CC2)CC1)Nc1ccc(S(=O)(=O)Nc2cncc(Cl)n2)cc1. The van der Waals surface area contributed by atoms with Crippen molar-refractivity contribution in [3.8, 4) is 0 Å². The highest BCUT2D eigenvalue weighted by molar-refractivity contribution is 7.92. The standard InChI is InChI=1S/C29H27ClFN7O6S/c30-25-13-32-14-26(34-25)35-45(43,44)19-5-1-17(2-6-19)33-27(39)16-36-7-9-37(10-8-36)24-12-23-20(11-22(24)31)28(40)21(29(41)42)15-38(23)18-3-4-18/h1-2,5-6,11-15,18H,3-4,7-10,16H2,(H,33,39)(H,34,35)(H,41,42). The number of sulfonamides is 1. The number of fused-ring (bicyclic) bond motifs is 1. The van der Waals surface area contributed by atoms with Crippen LogP contribution >= 0.6 is 11.6 Å². The van der Waals surface area contributed by atoms with Crippen molar-refractivity contribution in [2.24, 2.45) is 0 Å². The Kier molecular flexibility index (Phi) is 8.16. The average molecular weight is 656 g/mol. The van der Waals surface area contributed by atoms with Gasteiger partial charge in [0.05, 0.1) is 35.0 Å². The molecule has 1 aliphatic heterocycles. The zero-order valence-corrected chi connectivity index (χ0v) is 25.2. The molecule has 6 rings (SSSR count). The third-order valence-corrected chi connectivity index (χ3v) is 9.20. The number of anilines is 3. The van der Waals surface area contributed by atoms with Gasteiger partial charge >= 0.3 is 5.97 Å². The molecule has 4 aromatic rings. The van der Waals surface area contributed by atoms with Gasteiger partial charge in [-0.3, -0.25) is 24.2 Å². The van der Waals surface area contributed by atoms with Crippen molar-refractivity contribution in [2.75, 3.05) is 47.7 Å². The summed E-state index contributed by atoms with van der Waals surface area (Å²) in [4.78, 5) is 48.5. The van der Waals surface area contributed by atoms with Crippen LogP contribution in [-0.2, 0) is 14.8 Å². The van der Waals surface area contributed by atoms with Gasteiger partial charge in [0.2, 0.25) is 11.3 Å². The molecule has 0 unspecified atom stereocenters. The molecule has 1 aliphatic carbocycles. The minimum atomic E-state index is -3.96. The van der Waals surface area contributed by atoms with Crippen LogP contribution in [0.5, 0.6) is 0 Å². The number of carboxylic acid groups (broad SMARTS) is 1. The Bertz CT molecular complexity index is 1980. The molecule has 0 bridgehead atoms. The third-order valence-electron chi connectivity index (χ3n) is 7.64. The molecule has 1 amide bonds. The van der Waals surface area contributed by atoms with E-state index >= 15 is 4.39 Å². The molecular formula is C29H27ClFN7O6S. The number of amides is 1. The van der Waals surface area contributed by atoms with Gasteiger partial charge < -0.3 is 19.9 Å². The van der Waals surface area contributed by atoms with Crippen LogP contribution in [0.4, 0.5) is 21.6 Å². The van der Waals surface area contributed by atoms with Gasteiger partial charge in [-0.15, -0.1) is 0 Å². The van der Waals surface area contributed by atoms with Crippen LogP contribution in [0.2, 0.25) is 5.15 Å². The lowest BCUT2D eigenvalue weighted by atomic mass is 10.1. The highest BCUT2D eigenvalue weighted by Crippen LogP contribution is 2.38. The molecule has 1 saturated heterocycles. The number of carbonyl (C=O) groups is 2. The number of piperazine rings is 1. The Hall–Kier alpha value is -4.60. The van der Waals surface area contributed by atoms with Crippen LogP contribution in [0.1, 0.15) is 29.2 Å². The first-order valence-corrected chi connectivity index (χ1v) is 15.8. The number of aromatic carboxylic acids is 1. The summed E-state index contributed by atoms with van der Waals surface area (Å²) in [6, 6.07) is 8.43. The molecule has 2 aliphatic rings. The zero-order valence-electron chi connectivity index (χ0n) is 23.6. The van der Waals surface area contributed by atoms with Crippen LogP contribution in [0.25, 0.3) is 10.9 Å². The highest BCUT2D eigenvalue weighted by atomic mass is 35.5. The molecule has 2 fully saturated rings. The first-order valence-electron chi connectivity index (χ1n) is 14.0. The minimum Gasteiger partial charge on any atom is -0.477 e. The minimum absolute atomic E-state index is 0.0313. The van der Waals surface area contributed by atoms with Crippen LogP contribution in [0.15, 0.2) is 64.7 Å². The van der Waals surface area contributed by atoms with Crippen molar-refractivity contribution in [1.82, 2.24) is 19.4 Å². The smallest absolute Gasteiger partial charge is 0.341 e. The van der Waals surface area contributed by atoms with E-state index in [-0.39, 0.29) is 45.3 Å². The van der Waals surface area contributed by atoms with Crippen molar-refractivity contribution in [3.63, 3.8) is 0 Å². The topological polar surface area (TPSA) is 167 Å². The number of rotatable bonds is 9. The number of pyridine rings is 1. The maximum atomic E-state index is 15.3. The number of nitrogens with one attached hydrogen (secondary N) is 2. The summed E-state index contributed by atoms with van der Waals surface area (Å²) in [5.41, 5.74) is 0.131. The van der Waals surface area contributed by atoms with Crippen molar-refractivity contribution in [2.45, 2.75) is 23.8 Å². The molecule has 16 heteroatoms. The largest absolute Gasteiger partial charge is 0.477 e. The number of carbonyl (C=O) groups excluding carboxylic acids is 1. The van der Waals surface area contributed by atoms with E-state index in [1.807, 2.05) is 9.80 Å². The van der Waals surface area contributed by atoms with E-state index in [1.165, 1.54) is 42.9 Å². The first kappa shape index (κ1) is 30.4. The molecule has 2 aromatic heterocycles. The number of hydrogen-bond donors (Lipinski definition) is 3. The molecule has 0 radical (unpaired) electrons. The highest BCUT2D eigenvalue weighted by Gasteiger charge is 2.29. The van der Waals surface area contributed by atoms with E-state index in [4.69, 9.17) is 11.6 Å². The molecule has 13 nitrogen and oxygen atoms in total. The fraction of sp³-hybridized carbons (Fsp3) is 0.276. The zero-order chi connectivity index (χ0) is 31.9. The van der Waals surface area contributed by atoms with Gasteiger partial charge in [0.1, 0.15) is 16.5 Å². The first-order chi connectivity index (χ1) is 21.5. The van der Waals surface area contributed by atoms with Gasteiger partial charge in [0.15, 0.2) is 5.82 Å². The summed E-state index contributed by atoms with van der Waals surface area (Å²) < 4.78 is 44.6. The van der Waals surface area contributed by atoms with E-state index in [0.717, 1.165) is 18.9 Å². The number of aromatic nitrogens is 3. The van der Waals surface area contributed by atoms with Crippen LogP contribution in [0.3, 0.4) is 0 Å². The van der Waals surface area contributed by atoms with Gasteiger partial charge in [-0.2, -0.15) is 0 Å². The number of nitrogens with zero attached hydrogens (tertiary/aromatic N) is 5. The summed E-state index contributed by atoms with van der Waals surface area (Å²) in [6.45, 7) is 1.85. The van der Waals surface area contributed by atoms with E-state index < -0.39 is 27.2 Å². The lowest BCUT2D eigenvalue weighted by molar-refractivity contribution is -0.117. The van der Waals surface area contributed by atoms with Crippen molar-refractivity contribution in [3.05, 3.63) is 81.7 Å². The molecule has 3 heterocycles. The van der Waals surface area contributed by atoms with E-state index in [1.54, 1.807) is 10.6 Å². The van der Waals surface area contributed by atoms with Gasteiger partial charge in [-0.25, -0.2) is 22.6 Å². The van der Waals surface area contributed by atoms with E-state index in [0.29, 0.717) is 43.1 Å². The van der Waals surface area contributed by atoms with Gasteiger partial charge in [-0.1, -0.05) is 11.6 Å². The molecule has 45 heavy (non-hydrogen) atoms. The lowest BCUT2D eigenvalue weighted by Gasteiger charge is -2.36. The Balaban J connectivity index is 1.07. The van der Waals surface area contributed by atoms with Gasteiger partial charge in [0, 0.05) is 49.5 Å². The summed E-state index contributed by atoms with van der Waals surface area (Å²) >= 11 is 5.76. The normalized spacial score (nSPS) is 15.6.